The van der Waals surface area contributed by atoms with E-state index in [9.17, 15) is 9.18 Å². The molecule has 1 aromatic heterocycles. The van der Waals surface area contributed by atoms with Crippen molar-refractivity contribution in [3.05, 3.63) is 48.3 Å². The van der Waals surface area contributed by atoms with Gasteiger partial charge in [-0.1, -0.05) is 0 Å². The molecule has 7 nitrogen and oxygen atoms in total. The predicted molar refractivity (Wildman–Crippen MR) is 119 cm³/mol. The van der Waals surface area contributed by atoms with Crippen molar-refractivity contribution in [2.75, 3.05) is 48.3 Å². The lowest BCUT2D eigenvalue weighted by Crippen LogP contribution is -2.50. The molecule has 0 bridgehead atoms. The van der Waals surface area contributed by atoms with Crippen LogP contribution in [0.25, 0.3) is 11.0 Å². The molecule has 8 heteroatoms. The summed E-state index contributed by atoms with van der Waals surface area (Å²) in [4.78, 5) is 26.7. The van der Waals surface area contributed by atoms with Gasteiger partial charge in [0.25, 0.3) is 0 Å². The fourth-order valence-corrected chi connectivity index (χ4v) is 3.51. The number of hydrogen-bond acceptors (Lipinski definition) is 4. The Kier molecular flexibility index (Phi) is 5.48. The normalized spacial score (nSPS) is 14.4. The minimum atomic E-state index is -0.242. The van der Waals surface area contributed by atoms with Gasteiger partial charge < -0.3 is 25.0 Å². The highest BCUT2D eigenvalue weighted by Crippen LogP contribution is 2.22. The first-order valence-corrected chi connectivity index (χ1v) is 10.2. The third kappa shape index (κ3) is 4.17. The molecule has 0 atom stereocenters. The molecule has 2 amide bonds. The first-order chi connectivity index (χ1) is 14.4. The van der Waals surface area contributed by atoms with E-state index in [1.165, 1.54) is 12.1 Å². The molecular weight excluding hydrogens is 383 g/mol. The zero-order valence-electron chi connectivity index (χ0n) is 17.5. The number of imidazole rings is 1. The number of amides is 2. The SMILES string of the molecule is CC(C)N(C)c1nc2ccc(NC(=O)N3CCN(c4ccc(F)cc4)CC3)cc2[nH]1. The number of rotatable bonds is 4. The fourth-order valence-electron chi connectivity index (χ4n) is 3.51. The highest BCUT2D eigenvalue weighted by Gasteiger charge is 2.21. The van der Waals surface area contributed by atoms with Gasteiger partial charge in [-0.2, -0.15) is 0 Å². The zero-order chi connectivity index (χ0) is 21.3. The van der Waals surface area contributed by atoms with Crippen LogP contribution in [0.2, 0.25) is 0 Å². The topological polar surface area (TPSA) is 67.5 Å². The molecule has 2 aromatic carbocycles. The monoisotopic (exact) mass is 410 g/mol. The van der Waals surface area contributed by atoms with E-state index in [-0.39, 0.29) is 11.8 Å². The maximum absolute atomic E-state index is 13.1. The maximum atomic E-state index is 13.1. The van der Waals surface area contributed by atoms with Crippen molar-refractivity contribution in [2.45, 2.75) is 19.9 Å². The summed E-state index contributed by atoms with van der Waals surface area (Å²) >= 11 is 0. The van der Waals surface area contributed by atoms with E-state index in [1.807, 2.05) is 25.2 Å². The summed E-state index contributed by atoms with van der Waals surface area (Å²) in [5.74, 6) is 0.564. The number of anilines is 3. The lowest BCUT2D eigenvalue weighted by molar-refractivity contribution is 0.208. The fraction of sp³-hybridized carbons (Fsp3) is 0.364. The number of benzene rings is 2. The van der Waals surface area contributed by atoms with Crippen LogP contribution in [0.1, 0.15) is 13.8 Å². The third-order valence-corrected chi connectivity index (χ3v) is 5.59. The van der Waals surface area contributed by atoms with Crippen LogP contribution in [0.15, 0.2) is 42.5 Å². The number of nitrogens with one attached hydrogen (secondary N) is 2. The van der Waals surface area contributed by atoms with E-state index in [2.05, 4.69) is 38.9 Å². The summed E-state index contributed by atoms with van der Waals surface area (Å²) in [5, 5.41) is 2.98. The van der Waals surface area contributed by atoms with Gasteiger partial charge in [0.1, 0.15) is 5.82 Å². The average molecular weight is 410 g/mol. The minimum Gasteiger partial charge on any atom is -0.368 e. The lowest BCUT2D eigenvalue weighted by atomic mass is 10.2. The first kappa shape index (κ1) is 20.0. The third-order valence-electron chi connectivity index (χ3n) is 5.59. The smallest absolute Gasteiger partial charge is 0.321 e. The van der Waals surface area contributed by atoms with Crippen LogP contribution >= 0.6 is 0 Å². The number of carbonyl (C=O) groups excluding carboxylic acids is 1. The van der Waals surface area contributed by atoms with Crippen LogP contribution in [0, 0.1) is 5.82 Å². The van der Waals surface area contributed by atoms with E-state index in [1.54, 1.807) is 17.0 Å². The Morgan fingerprint density at radius 2 is 1.83 bits per heavy atom. The molecule has 30 heavy (non-hydrogen) atoms. The van der Waals surface area contributed by atoms with Crippen LogP contribution in [0.3, 0.4) is 0 Å². The Morgan fingerprint density at radius 1 is 1.13 bits per heavy atom. The first-order valence-electron chi connectivity index (χ1n) is 10.2. The Balaban J connectivity index is 1.38. The number of urea groups is 1. The Bertz CT molecular complexity index is 1020. The summed E-state index contributed by atoms with van der Waals surface area (Å²) in [7, 11) is 2.00. The second kappa shape index (κ2) is 8.22. The molecule has 2 heterocycles. The van der Waals surface area contributed by atoms with Crippen LogP contribution < -0.4 is 15.1 Å². The Morgan fingerprint density at radius 3 is 2.50 bits per heavy atom. The van der Waals surface area contributed by atoms with Crippen molar-refractivity contribution in [3.8, 4) is 0 Å². The van der Waals surface area contributed by atoms with Gasteiger partial charge in [-0.3, -0.25) is 0 Å². The summed E-state index contributed by atoms with van der Waals surface area (Å²) in [5.41, 5.74) is 3.46. The summed E-state index contributed by atoms with van der Waals surface area (Å²) in [6.45, 7) is 6.86. The summed E-state index contributed by atoms with van der Waals surface area (Å²) in [6.07, 6.45) is 0. The van der Waals surface area contributed by atoms with Gasteiger partial charge in [0.05, 0.1) is 11.0 Å². The quantitative estimate of drug-likeness (QED) is 0.685. The van der Waals surface area contributed by atoms with Gasteiger partial charge in [-0.05, 0) is 56.3 Å². The highest BCUT2D eigenvalue weighted by molar-refractivity contribution is 5.92. The van der Waals surface area contributed by atoms with Gasteiger partial charge in [-0.15, -0.1) is 0 Å². The van der Waals surface area contributed by atoms with Crippen LogP contribution in [-0.4, -0.2) is 60.2 Å². The van der Waals surface area contributed by atoms with Crippen LogP contribution in [0.4, 0.5) is 26.5 Å². The van der Waals surface area contributed by atoms with E-state index >= 15 is 0 Å². The molecule has 1 fully saturated rings. The number of aromatic nitrogens is 2. The molecule has 0 unspecified atom stereocenters. The number of hydrogen-bond donors (Lipinski definition) is 2. The molecule has 0 radical (unpaired) electrons. The summed E-state index contributed by atoms with van der Waals surface area (Å²) in [6, 6.07) is 12.4. The van der Waals surface area contributed by atoms with Crippen molar-refractivity contribution < 1.29 is 9.18 Å². The molecule has 4 rings (SSSR count). The van der Waals surface area contributed by atoms with Crippen molar-refractivity contribution >= 4 is 34.4 Å². The number of aromatic amines is 1. The minimum absolute atomic E-state index is 0.118. The molecule has 158 valence electrons. The zero-order valence-corrected chi connectivity index (χ0v) is 17.5. The summed E-state index contributed by atoms with van der Waals surface area (Å²) < 4.78 is 13.1. The van der Waals surface area contributed by atoms with Crippen molar-refractivity contribution in [1.82, 2.24) is 14.9 Å². The van der Waals surface area contributed by atoms with Crippen molar-refractivity contribution in [3.63, 3.8) is 0 Å². The van der Waals surface area contributed by atoms with Gasteiger partial charge >= 0.3 is 6.03 Å². The number of H-pyrrole nitrogens is 1. The molecule has 2 N–H and O–H groups in total. The van der Waals surface area contributed by atoms with Crippen molar-refractivity contribution in [1.29, 1.82) is 0 Å². The Hall–Kier alpha value is -3.29. The predicted octanol–water partition coefficient (Wildman–Crippen LogP) is 3.90. The van der Waals surface area contributed by atoms with Crippen LogP contribution in [0.5, 0.6) is 0 Å². The van der Waals surface area contributed by atoms with Gasteiger partial charge in [0.2, 0.25) is 5.95 Å². The second-order valence-electron chi connectivity index (χ2n) is 7.88. The van der Waals surface area contributed by atoms with E-state index in [4.69, 9.17) is 0 Å². The molecule has 1 saturated heterocycles. The largest absolute Gasteiger partial charge is 0.368 e. The number of piperazine rings is 1. The molecule has 1 aliphatic rings. The Labute approximate surface area is 175 Å². The van der Waals surface area contributed by atoms with E-state index in [0.29, 0.717) is 32.2 Å². The van der Waals surface area contributed by atoms with Crippen molar-refractivity contribution in [2.24, 2.45) is 0 Å². The maximum Gasteiger partial charge on any atom is 0.321 e. The van der Waals surface area contributed by atoms with Crippen LogP contribution in [-0.2, 0) is 0 Å². The number of fused-ring (bicyclic) bond motifs is 1. The molecule has 0 saturated carbocycles. The molecule has 1 aliphatic heterocycles. The number of nitrogens with zero attached hydrogens (tertiary/aromatic N) is 4. The standard InChI is InChI=1S/C22H27FN6O/c1-15(2)27(3)21-25-19-9-6-17(14-20(19)26-21)24-22(30)29-12-10-28(11-13-29)18-7-4-16(23)5-8-18/h4-9,14-15H,10-13H2,1-3H3,(H,24,30)(H,25,26). The van der Waals surface area contributed by atoms with Gasteiger partial charge in [0.15, 0.2) is 0 Å². The number of carbonyl (C=O) groups is 1. The van der Waals surface area contributed by atoms with Gasteiger partial charge in [0, 0.05) is 50.6 Å². The van der Waals surface area contributed by atoms with Gasteiger partial charge in [-0.25, -0.2) is 14.2 Å². The van der Waals surface area contributed by atoms with E-state index in [0.717, 1.165) is 28.4 Å². The highest BCUT2D eigenvalue weighted by atomic mass is 19.1. The lowest BCUT2D eigenvalue weighted by Gasteiger charge is -2.36. The number of halogens is 1. The van der Waals surface area contributed by atoms with E-state index < -0.39 is 0 Å². The average Bonchev–Trinajstić information content (AvgIpc) is 3.17. The molecule has 3 aromatic rings. The molecular formula is C22H27FN6O. The molecule has 0 aliphatic carbocycles. The molecule has 0 spiro atoms. The second-order valence-corrected chi connectivity index (χ2v) is 7.88.